The molecule has 0 unspecified atom stereocenters. The average Bonchev–Trinajstić information content (AvgIpc) is 3.29. The van der Waals surface area contributed by atoms with Gasteiger partial charge in [-0.25, -0.2) is 4.39 Å². The van der Waals surface area contributed by atoms with Crippen molar-refractivity contribution in [2.45, 2.75) is 18.8 Å². The topological polar surface area (TPSA) is 66.7 Å². The van der Waals surface area contributed by atoms with E-state index < -0.39 is 0 Å². The first-order valence-electron chi connectivity index (χ1n) is 10.2. The fourth-order valence-corrected chi connectivity index (χ4v) is 4.39. The largest absolute Gasteiger partial charge is 0.356 e. The molecule has 0 N–H and O–H groups in total. The van der Waals surface area contributed by atoms with Gasteiger partial charge in [0, 0.05) is 30.5 Å². The Bertz CT molecular complexity index is 1080. The molecule has 5 rings (SSSR count). The summed E-state index contributed by atoms with van der Waals surface area (Å²) in [5, 5.41) is 5.07. The Morgan fingerprint density at radius 3 is 2.43 bits per heavy atom. The summed E-state index contributed by atoms with van der Waals surface area (Å²) >= 11 is 0. The van der Waals surface area contributed by atoms with Gasteiger partial charge in [0.15, 0.2) is 5.58 Å². The van der Waals surface area contributed by atoms with Gasteiger partial charge >= 0.3 is 0 Å². The van der Waals surface area contributed by atoms with Crippen LogP contribution in [0, 0.1) is 12.2 Å². The molecule has 2 aliphatic heterocycles. The molecule has 0 atom stereocenters. The molecule has 1 radical (unpaired) electrons. The number of fused-ring (bicyclic) bond motifs is 2. The smallest absolute Gasteiger partial charge is 0.261 e. The molecule has 0 bridgehead atoms. The van der Waals surface area contributed by atoms with E-state index in [4.69, 9.17) is 4.52 Å². The molecule has 3 aromatic rings. The normalized spacial score (nSPS) is 17.8. The van der Waals surface area contributed by atoms with Crippen LogP contribution in [-0.4, -0.2) is 52.9 Å². The van der Waals surface area contributed by atoms with E-state index in [0.717, 1.165) is 37.0 Å². The zero-order valence-corrected chi connectivity index (χ0v) is 16.4. The average molecular weight is 406 g/mol. The summed E-state index contributed by atoms with van der Waals surface area (Å²) in [5.41, 5.74) is 2.36. The van der Waals surface area contributed by atoms with E-state index in [-0.39, 0.29) is 23.5 Å². The molecule has 1 aromatic heterocycles. The van der Waals surface area contributed by atoms with Gasteiger partial charge in [-0.1, -0.05) is 17.3 Å². The van der Waals surface area contributed by atoms with Crippen molar-refractivity contribution < 1.29 is 18.5 Å². The Balaban J connectivity index is 1.14. The molecule has 2 aromatic carbocycles. The molecule has 7 heteroatoms. The van der Waals surface area contributed by atoms with Gasteiger partial charge < -0.3 is 9.42 Å². The van der Waals surface area contributed by atoms with Gasteiger partial charge in [0.25, 0.3) is 11.8 Å². The first kappa shape index (κ1) is 18.9. The van der Waals surface area contributed by atoms with Crippen LogP contribution < -0.4 is 0 Å². The molecule has 2 aliphatic rings. The molecule has 0 saturated carbocycles. The number of likely N-dealkylation sites (tertiary alicyclic amines) is 1. The lowest BCUT2D eigenvalue weighted by Crippen LogP contribution is -2.37. The van der Waals surface area contributed by atoms with Gasteiger partial charge in [0.05, 0.1) is 16.8 Å². The number of piperidine rings is 1. The lowest BCUT2D eigenvalue weighted by atomic mass is 9.91. The lowest BCUT2D eigenvalue weighted by Gasteiger charge is -2.31. The zero-order valence-electron chi connectivity index (χ0n) is 16.4. The van der Waals surface area contributed by atoms with E-state index in [1.165, 1.54) is 17.0 Å². The summed E-state index contributed by atoms with van der Waals surface area (Å²) in [6, 6.07) is 11.5. The van der Waals surface area contributed by atoms with Gasteiger partial charge in [-0.15, -0.1) is 0 Å². The maximum Gasteiger partial charge on any atom is 0.261 e. The van der Waals surface area contributed by atoms with Crippen LogP contribution in [0.5, 0.6) is 0 Å². The fourth-order valence-electron chi connectivity index (χ4n) is 4.39. The van der Waals surface area contributed by atoms with Gasteiger partial charge in [0.2, 0.25) is 0 Å². The second-order valence-electron chi connectivity index (χ2n) is 7.84. The summed E-state index contributed by atoms with van der Waals surface area (Å²) in [6.45, 7) is 2.80. The first-order chi connectivity index (χ1) is 14.6. The minimum absolute atomic E-state index is 0.222. The predicted molar refractivity (Wildman–Crippen MR) is 108 cm³/mol. The Kier molecular flexibility index (Phi) is 4.83. The Hall–Kier alpha value is -3.06. The number of halogens is 1. The van der Waals surface area contributed by atoms with Crippen molar-refractivity contribution in [2.75, 3.05) is 26.2 Å². The maximum atomic E-state index is 13.4. The molecule has 1 saturated heterocycles. The summed E-state index contributed by atoms with van der Waals surface area (Å²) in [4.78, 5) is 28.5. The lowest BCUT2D eigenvalue weighted by molar-refractivity contribution is 0.0663. The van der Waals surface area contributed by atoms with E-state index in [1.54, 1.807) is 30.3 Å². The van der Waals surface area contributed by atoms with E-state index in [0.29, 0.717) is 29.8 Å². The highest BCUT2D eigenvalue weighted by Crippen LogP contribution is 2.32. The minimum atomic E-state index is -0.325. The Labute approximate surface area is 173 Å². The molecule has 6 nitrogen and oxygen atoms in total. The van der Waals surface area contributed by atoms with E-state index in [9.17, 15) is 14.0 Å². The van der Waals surface area contributed by atoms with E-state index in [2.05, 4.69) is 10.1 Å². The zero-order chi connectivity index (χ0) is 20.7. The first-order valence-corrected chi connectivity index (χ1v) is 10.2. The summed E-state index contributed by atoms with van der Waals surface area (Å²) in [6.07, 6.45) is 3.84. The highest BCUT2D eigenvalue weighted by atomic mass is 19.1. The molecule has 1 fully saturated rings. The molecule has 2 amide bonds. The number of rotatable bonds is 5. The van der Waals surface area contributed by atoms with Crippen molar-refractivity contribution >= 4 is 22.8 Å². The number of hydrogen-bond acceptors (Lipinski definition) is 5. The number of amides is 2. The Morgan fingerprint density at radius 1 is 1.03 bits per heavy atom. The monoisotopic (exact) mass is 406 g/mol. The molecule has 0 aliphatic carbocycles. The summed E-state index contributed by atoms with van der Waals surface area (Å²) < 4.78 is 18.7. The van der Waals surface area contributed by atoms with Crippen LogP contribution in [0.4, 0.5) is 4.39 Å². The third-order valence-electron chi connectivity index (χ3n) is 6.01. The van der Waals surface area contributed by atoms with E-state index >= 15 is 0 Å². The predicted octanol–water partition coefficient (Wildman–Crippen LogP) is 3.65. The number of carbonyl (C=O) groups excluding carboxylic acids is 2. The molecule has 153 valence electrons. The quantitative estimate of drug-likeness (QED) is 0.605. The summed E-state index contributed by atoms with van der Waals surface area (Å²) in [7, 11) is 0. The highest BCUT2D eigenvalue weighted by Gasteiger charge is 2.34. The second kappa shape index (κ2) is 7.65. The van der Waals surface area contributed by atoms with E-state index in [1.807, 2.05) is 6.42 Å². The van der Waals surface area contributed by atoms with Gasteiger partial charge in [-0.2, -0.15) is 0 Å². The molecular formula is C23H21FN3O3. The van der Waals surface area contributed by atoms with Crippen LogP contribution in [0.3, 0.4) is 0 Å². The van der Waals surface area contributed by atoms with Crippen molar-refractivity contribution in [2.24, 2.45) is 0 Å². The minimum Gasteiger partial charge on any atom is -0.356 e. The Morgan fingerprint density at radius 2 is 1.73 bits per heavy atom. The third kappa shape index (κ3) is 3.29. The van der Waals surface area contributed by atoms with Crippen LogP contribution in [0.2, 0.25) is 0 Å². The third-order valence-corrected chi connectivity index (χ3v) is 6.01. The van der Waals surface area contributed by atoms with Crippen molar-refractivity contribution in [1.29, 1.82) is 0 Å². The summed E-state index contributed by atoms with van der Waals surface area (Å²) in [5.74, 6) is -0.488. The molecule has 30 heavy (non-hydrogen) atoms. The number of imide groups is 1. The number of nitrogens with zero attached hydrogens (tertiary/aromatic N) is 3. The van der Waals surface area contributed by atoms with Crippen molar-refractivity contribution in [3.05, 3.63) is 71.5 Å². The van der Waals surface area contributed by atoms with Gasteiger partial charge in [-0.05, 0) is 56.6 Å². The standard InChI is InChI=1S/C23H21FN3O3/c24-16-6-7-19-20(14-16)30-25-21(19)15-8-12-26(13-9-15)10-3-11-27-22(28)17-4-1-2-5-18(17)23(27)29/h1-7,14-15H,8-13H2. The van der Waals surface area contributed by atoms with Crippen LogP contribution in [-0.2, 0) is 0 Å². The molecular weight excluding hydrogens is 385 g/mol. The molecule has 0 spiro atoms. The number of aromatic nitrogens is 1. The highest BCUT2D eigenvalue weighted by molar-refractivity contribution is 6.21. The number of benzene rings is 2. The van der Waals surface area contributed by atoms with Crippen LogP contribution in [0.15, 0.2) is 47.0 Å². The fraction of sp³-hybridized carbons (Fsp3) is 0.304. The SMILES string of the molecule is O=C1c2ccccc2C(=O)N1C[CH]CN1CCC(c2noc3cc(F)ccc23)CC1. The number of hydrogen-bond donors (Lipinski definition) is 0. The van der Waals surface area contributed by atoms with Gasteiger partial charge in [-0.3, -0.25) is 14.5 Å². The van der Waals surface area contributed by atoms with Gasteiger partial charge in [0.1, 0.15) is 5.82 Å². The molecule has 3 heterocycles. The maximum absolute atomic E-state index is 13.4. The van der Waals surface area contributed by atoms with Crippen molar-refractivity contribution in [3.8, 4) is 0 Å². The van der Waals surface area contributed by atoms with Crippen LogP contribution >= 0.6 is 0 Å². The van der Waals surface area contributed by atoms with Crippen LogP contribution in [0.25, 0.3) is 11.0 Å². The van der Waals surface area contributed by atoms with Crippen molar-refractivity contribution in [1.82, 2.24) is 15.0 Å². The second-order valence-corrected chi connectivity index (χ2v) is 7.84. The van der Waals surface area contributed by atoms with Crippen molar-refractivity contribution in [3.63, 3.8) is 0 Å². The van der Waals surface area contributed by atoms with Crippen LogP contribution in [0.1, 0.15) is 45.2 Å². The number of carbonyl (C=O) groups is 2.